The Labute approximate surface area is 135 Å². The average molecular weight is 345 g/mol. The third-order valence-electron chi connectivity index (χ3n) is 4.39. The van der Waals surface area contributed by atoms with Crippen LogP contribution in [0.1, 0.15) is 45.5 Å². The van der Waals surface area contributed by atoms with Gasteiger partial charge in [0.05, 0.1) is 11.9 Å². The number of rotatable bonds is 3. The molecule has 2 aromatic carbocycles. The van der Waals surface area contributed by atoms with E-state index >= 15 is 0 Å². The zero-order valence-corrected chi connectivity index (χ0v) is 14.2. The van der Waals surface area contributed by atoms with E-state index in [2.05, 4.69) is 59.3 Å². The van der Waals surface area contributed by atoms with E-state index in [9.17, 15) is 0 Å². The van der Waals surface area contributed by atoms with E-state index in [0.29, 0.717) is 0 Å². The molecular weight excluding hydrogens is 324 g/mol. The molecule has 1 nitrogen and oxygen atoms in total. The first-order valence-electron chi connectivity index (χ1n) is 7.59. The van der Waals surface area contributed by atoms with Gasteiger partial charge in [0.2, 0.25) is 0 Å². The normalized spacial score (nSPS) is 15.4. The van der Waals surface area contributed by atoms with Crippen molar-refractivity contribution in [3.63, 3.8) is 0 Å². The van der Waals surface area contributed by atoms with Gasteiger partial charge in [0, 0.05) is 0 Å². The first-order chi connectivity index (χ1) is 10.2. The lowest BCUT2D eigenvalue weighted by atomic mass is 9.89. The summed E-state index contributed by atoms with van der Waals surface area (Å²) in [5.41, 5.74) is 6.81. The van der Waals surface area contributed by atoms with E-state index in [-0.39, 0.29) is 4.83 Å². The van der Waals surface area contributed by atoms with Crippen LogP contribution in [-0.4, -0.2) is 7.11 Å². The molecule has 0 saturated heterocycles. The molecule has 1 aliphatic carbocycles. The predicted molar refractivity (Wildman–Crippen MR) is 91.6 cm³/mol. The Morgan fingerprint density at radius 2 is 1.62 bits per heavy atom. The van der Waals surface area contributed by atoms with Crippen molar-refractivity contribution >= 4 is 15.9 Å². The van der Waals surface area contributed by atoms with Crippen LogP contribution in [0.3, 0.4) is 0 Å². The molecule has 3 rings (SSSR count). The number of hydrogen-bond acceptors (Lipinski definition) is 1. The van der Waals surface area contributed by atoms with Gasteiger partial charge in [-0.05, 0) is 66.5 Å². The number of halogens is 1. The summed E-state index contributed by atoms with van der Waals surface area (Å²) < 4.78 is 5.44. The molecule has 0 heterocycles. The first-order valence-corrected chi connectivity index (χ1v) is 8.51. The maximum absolute atomic E-state index is 5.44. The second-order valence-electron chi connectivity index (χ2n) is 5.83. The van der Waals surface area contributed by atoms with Crippen molar-refractivity contribution in [2.75, 3.05) is 7.11 Å². The standard InChI is InChI=1S/C19H21BrO/c1-13-7-8-17(12-18(13)21-2)19(20)16-10-9-14-5-3-4-6-15(14)11-16/h7-12,19H,3-6H2,1-2H3. The molecule has 0 saturated carbocycles. The van der Waals surface area contributed by atoms with Crippen LogP contribution in [0.15, 0.2) is 36.4 Å². The number of methoxy groups -OCH3 is 1. The van der Waals surface area contributed by atoms with Gasteiger partial charge in [0.25, 0.3) is 0 Å². The molecule has 0 spiro atoms. The van der Waals surface area contributed by atoms with Crippen LogP contribution < -0.4 is 4.74 Å². The molecule has 2 heteroatoms. The molecule has 0 radical (unpaired) electrons. The molecule has 0 N–H and O–H groups in total. The Bertz CT molecular complexity index is 648. The van der Waals surface area contributed by atoms with Gasteiger partial charge in [-0.1, -0.05) is 46.3 Å². The minimum atomic E-state index is 0.222. The van der Waals surface area contributed by atoms with Crippen LogP contribution in [0.5, 0.6) is 5.75 Å². The van der Waals surface area contributed by atoms with Gasteiger partial charge in [0.1, 0.15) is 5.75 Å². The van der Waals surface area contributed by atoms with Crippen molar-refractivity contribution in [2.45, 2.75) is 37.4 Å². The number of hydrogen-bond donors (Lipinski definition) is 0. The van der Waals surface area contributed by atoms with Gasteiger partial charge in [-0.15, -0.1) is 0 Å². The zero-order valence-electron chi connectivity index (χ0n) is 12.7. The number of fused-ring (bicyclic) bond motifs is 1. The van der Waals surface area contributed by atoms with Crippen molar-refractivity contribution in [3.05, 3.63) is 64.2 Å². The third kappa shape index (κ3) is 3.01. The lowest BCUT2D eigenvalue weighted by Crippen LogP contribution is -2.04. The molecular formula is C19H21BrO. The van der Waals surface area contributed by atoms with E-state index in [1.54, 1.807) is 7.11 Å². The fourth-order valence-corrected chi connectivity index (χ4v) is 3.67. The highest BCUT2D eigenvalue weighted by molar-refractivity contribution is 9.09. The van der Waals surface area contributed by atoms with E-state index in [4.69, 9.17) is 4.74 Å². The molecule has 1 unspecified atom stereocenters. The first kappa shape index (κ1) is 14.6. The van der Waals surface area contributed by atoms with Gasteiger partial charge in [-0.2, -0.15) is 0 Å². The maximum Gasteiger partial charge on any atom is 0.122 e. The highest BCUT2D eigenvalue weighted by Crippen LogP contribution is 2.35. The quantitative estimate of drug-likeness (QED) is 0.680. The molecule has 0 aliphatic heterocycles. The topological polar surface area (TPSA) is 9.23 Å². The number of benzene rings is 2. The second-order valence-corrected chi connectivity index (χ2v) is 6.74. The van der Waals surface area contributed by atoms with Crippen molar-refractivity contribution in [1.29, 1.82) is 0 Å². The van der Waals surface area contributed by atoms with Crippen molar-refractivity contribution in [1.82, 2.24) is 0 Å². The van der Waals surface area contributed by atoms with E-state index in [1.165, 1.54) is 53.5 Å². The maximum atomic E-state index is 5.44. The Morgan fingerprint density at radius 1 is 0.952 bits per heavy atom. The summed E-state index contributed by atoms with van der Waals surface area (Å²) in [5.74, 6) is 0.954. The summed E-state index contributed by atoms with van der Waals surface area (Å²) in [6, 6.07) is 13.4. The molecule has 2 aromatic rings. The van der Waals surface area contributed by atoms with Gasteiger partial charge >= 0.3 is 0 Å². The summed E-state index contributed by atoms with van der Waals surface area (Å²) in [6.45, 7) is 2.07. The minimum Gasteiger partial charge on any atom is -0.496 e. The van der Waals surface area contributed by atoms with Gasteiger partial charge in [-0.25, -0.2) is 0 Å². The summed E-state index contributed by atoms with van der Waals surface area (Å²) in [7, 11) is 1.73. The Morgan fingerprint density at radius 3 is 2.38 bits per heavy atom. The van der Waals surface area contributed by atoms with Crippen LogP contribution >= 0.6 is 15.9 Å². The SMILES string of the molecule is COc1cc(C(Br)c2ccc3c(c2)CCCC3)ccc1C. The number of alkyl halides is 1. The Hall–Kier alpha value is -1.28. The van der Waals surface area contributed by atoms with E-state index in [0.717, 1.165) is 5.75 Å². The van der Waals surface area contributed by atoms with E-state index in [1.807, 2.05) is 0 Å². The average Bonchev–Trinajstić information content (AvgIpc) is 2.54. The van der Waals surface area contributed by atoms with E-state index < -0.39 is 0 Å². The van der Waals surface area contributed by atoms with Crippen molar-refractivity contribution in [2.24, 2.45) is 0 Å². The Kier molecular flexibility index (Phi) is 4.34. The van der Waals surface area contributed by atoms with Crippen LogP contribution in [-0.2, 0) is 12.8 Å². The van der Waals surface area contributed by atoms with Crippen LogP contribution in [0.25, 0.3) is 0 Å². The summed E-state index contributed by atoms with van der Waals surface area (Å²) in [4.78, 5) is 0.222. The molecule has 110 valence electrons. The summed E-state index contributed by atoms with van der Waals surface area (Å²) in [5, 5.41) is 0. The Balaban J connectivity index is 1.92. The lowest BCUT2D eigenvalue weighted by Gasteiger charge is -2.19. The zero-order chi connectivity index (χ0) is 14.8. The fourth-order valence-electron chi connectivity index (χ4n) is 3.10. The largest absolute Gasteiger partial charge is 0.496 e. The van der Waals surface area contributed by atoms with Crippen LogP contribution in [0.2, 0.25) is 0 Å². The van der Waals surface area contributed by atoms with Gasteiger partial charge in [0.15, 0.2) is 0 Å². The molecule has 1 atom stereocenters. The molecule has 0 aromatic heterocycles. The van der Waals surface area contributed by atoms with Crippen molar-refractivity contribution in [3.8, 4) is 5.75 Å². The van der Waals surface area contributed by atoms with Crippen LogP contribution in [0.4, 0.5) is 0 Å². The molecule has 0 amide bonds. The second kappa shape index (κ2) is 6.23. The van der Waals surface area contributed by atoms with Gasteiger partial charge < -0.3 is 4.74 Å². The fraction of sp³-hybridized carbons (Fsp3) is 0.368. The highest BCUT2D eigenvalue weighted by atomic mass is 79.9. The highest BCUT2D eigenvalue weighted by Gasteiger charge is 2.15. The summed E-state index contributed by atoms with van der Waals surface area (Å²) in [6.07, 6.45) is 5.11. The van der Waals surface area contributed by atoms with Crippen molar-refractivity contribution < 1.29 is 4.74 Å². The molecule has 1 aliphatic rings. The molecule has 0 bridgehead atoms. The van der Waals surface area contributed by atoms with Crippen LogP contribution in [0, 0.1) is 6.92 Å². The monoisotopic (exact) mass is 344 g/mol. The number of aryl methyl sites for hydroxylation is 3. The smallest absolute Gasteiger partial charge is 0.122 e. The number of ether oxygens (including phenoxy) is 1. The summed E-state index contributed by atoms with van der Waals surface area (Å²) >= 11 is 3.85. The molecule has 0 fully saturated rings. The van der Waals surface area contributed by atoms with Gasteiger partial charge in [-0.3, -0.25) is 0 Å². The molecule has 21 heavy (non-hydrogen) atoms. The lowest BCUT2D eigenvalue weighted by molar-refractivity contribution is 0.411. The minimum absolute atomic E-state index is 0.222. The third-order valence-corrected chi connectivity index (χ3v) is 5.45. The predicted octanol–water partition coefficient (Wildman–Crippen LogP) is 5.37.